The molecule has 0 atom stereocenters. The third-order valence-electron chi connectivity index (χ3n) is 2.09. The van der Waals surface area contributed by atoms with E-state index in [9.17, 15) is 0 Å². The Morgan fingerprint density at radius 1 is 1.38 bits per heavy atom. The summed E-state index contributed by atoms with van der Waals surface area (Å²) < 4.78 is 1.17. The van der Waals surface area contributed by atoms with Crippen molar-refractivity contribution in [3.63, 3.8) is 0 Å². The summed E-state index contributed by atoms with van der Waals surface area (Å²) in [5.74, 6) is 0. The predicted octanol–water partition coefficient (Wildman–Crippen LogP) is 4.21. The quantitative estimate of drug-likeness (QED) is 0.913. The van der Waals surface area contributed by atoms with Gasteiger partial charge in [0.1, 0.15) is 0 Å². The van der Waals surface area contributed by atoms with Crippen LogP contribution in [0.2, 0.25) is 5.02 Å². The SMILES string of the molecule is Clc1cnccc1NCCc1ccc(Br)s1. The van der Waals surface area contributed by atoms with Crippen LogP contribution in [-0.4, -0.2) is 11.5 Å². The molecule has 0 fully saturated rings. The molecule has 84 valence electrons. The third kappa shape index (κ3) is 3.20. The van der Waals surface area contributed by atoms with E-state index in [0.29, 0.717) is 5.02 Å². The van der Waals surface area contributed by atoms with Gasteiger partial charge in [0.25, 0.3) is 0 Å². The van der Waals surface area contributed by atoms with Crippen molar-refractivity contribution in [1.29, 1.82) is 0 Å². The Kier molecular flexibility index (Phi) is 4.21. The molecule has 0 aliphatic carbocycles. The van der Waals surface area contributed by atoms with Crippen molar-refractivity contribution in [1.82, 2.24) is 4.98 Å². The lowest BCUT2D eigenvalue weighted by Crippen LogP contribution is -2.04. The van der Waals surface area contributed by atoms with Gasteiger partial charge in [0, 0.05) is 23.8 Å². The summed E-state index contributed by atoms with van der Waals surface area (Å²) in [4.78, 5) is 5.29. The minimum Gasteiger partial charge on any atom is -0.383 e. The monoisotopic (exact) mass is 316 g/mol. The highest BCUT2D eigenvalue weighted by Gasteiger charge is 2.00. The van der Waals surface area contributed by atoms with E-state index < -0.39 is 0 Å². The van der Waals surface area contributed by atoms with Crippen molar-refractivity contribution in [3.05, 3.63) is 44.3 Å². The molecular weight excluding hydrogens is 308 g/mol. The van der Waals surface area contributed by atoms with Gasteiger partial charge in [0.2, 0.25) is 0 Å². The summed E-state index contributed by atoms with van der Waals surface area (Å²) in [5.41, 5.74) is 0.937. The lowest BCUT2D eigenvalue weighted by atomic mass is 10.3. The number of thiophene rings is 1. The topological polar surface area (TPSA) is 24.9 Å². The second-order valence-electron chi connectivity index (χ2n) is 3.24. The zero-order chi connectivity index (χ0) is 11.4. The van der Waals surface area contributed by atoms with E-state index in [0.717, 1.165) is 18.7 Å². The molecule has 0 aliphatic rings. The molecule has 0 saturated carbocycles. The van der Waals surface area contributed by atoms with Gasteiger partial charge in [0.15, 0.2) is 0 Å². The molecule has 0 radical (unpaired) electrons. The molecule has 0 saturated heterocycles. The lowest BCUT2D eigenvalue weighted by molar-refractivity contribution is 1.04. The summed E-state index contributed by atoms with van der Waals surface area (Å²) >= 11 is 11.2. The van der Waals surface area contributed by atoms with E-state index in [1.165, 1.54) is 8.66 Å². The minimum atomic E-state index is 0.662. The van der Waals surface area contributed by atoms with Crippen LogP contribution in [0.1, 0.15) is 4.88 Å². The van der Waals surface area contributed by atoms with Crippen LogP contribution in [0.25, 0.3) is 0 Å². The van der Waals surface area contributed by atoms with Crippen molar-refractivity contribution >= 4 is 44.6 Å². The van der Waals surface area contributed by atoms with Crippen molar-refractivity contribution in [2.45, 2.75) is 6.42 Å². The van der Waals surface area contributed by atoms with Gasteiger partial charge in [-0.25, -0.2) is 0 Å². The summed E-state index contributed by atoms with van der Waals surface area (Å²) in [6, 6.07) is 6.08. The first-order chi connectivity index (χ1) is 7.75. The smallest absolute Gasteiger partial charge is 0.0820 e. The molecule has 2 aromatic heterocycles. The van der Waals surface area contributed by atoms with Gasteiger partial charge < -0.3 is 5.32 Å². The molecule has 0 aromatic carbocycles. The molecule has 2 rings (SSSR count). The highest BCUT2D eigenvalue weighted by molar-refractivity contribution is 9.11. The number of nitrogens with one attached hydrogen (secondary N) is 1. The van der Waals surface area contributed by atoms with E-state index >= 15 is 0 Å². The molecule has 5 heteroatoms. The van der Waals surface area contributed by atoms with E-state index in [2.05, 4.69) is 38.4 Å². The number of anilines is 1. The number of hydrogen-bond acceptors (Lipinski definition) is 3. The fourth-order valence-corrected chi connectivity index (χ4v) is 2.99. The Balaban J connectivity index is 1.87. The second-order valence-corrected chi connectivity index (χ2v) is 6.19. The molecule has 0 spiro atoms. The molecule has 2 heterocycles. The Labute approximate surface area is 112 Å². The highest BCUT2D eigenvalue weighted by Crippen LogP contribution is 2.23. The number of nitrogens with zero attached hydrogens (tertiary/aromatic N) is 1. The van der Waals surface area contributed by atoms with Crippen LogP contribution in [-0.2, 0) is 6.42 Å². The van der Waals surface area contributed by atoms with Gasteiger partial charge in [-0.1, -0.05) is 11.6 Å². The van der Waals surface area contributed by atoms with Crippen LogP contribution in [0, 0.1) is 0 Å². The third-order valence-corrected chi connectivity index (χ3v) is 4.07. The van der Waals surface area contributed by atoms with Gasteiger partial charge in [-0.3, -0.25) is 4.98 Å². The maximum absolute atomic E-state index is 5.98. The highest BCUT2D eigenvalue weighted by atomic mass is 79.9. The van der Waals surface area contributed by atoms with Crippen molar-refractivity contribution < 1.29 is 0 Å². The molecule has 0 bridgehead atoms. The van der Waals surface area contributed by atoms with Gasteiger partial charge in [-0.15, -0.1) is 11.3 Å². The van der Waals surface area contributed by atoms with Crippen molar-refractivity contribution in [2.24, 2.45) is 0 Å². The molecule has 1 N–H and O–H groups in total. The van der Waals surface area contributed by atoms with E-state index in [1.807, 2.05) is 6.07 Å². The molecule has 0 unspecified atom stereocenters. The zero-order valence-corrected chi connectivity index (χ0v) is 11.6. The van der Waals surface area contributed by atoms with Crippen LogP contribution in [0.3, 0.4) is 0 Å². The predicted molar refractivity (Wildman–Crippen MR) is 73.5 cm³/mol. The number of rotatable bonds is 4. The van der Waals surface area contributed by atoms with Gasteiger partial charge >= 0.3 is 0 Å². The fraction of sp³-hybridized carbons (Fsp3) is 0.182. The van der Waals surface area contributed by atoms with E-state index in [-0.39, 0.29) is 0 Å². The molecule has 0 amide bonds. The Bertz CT molecular complexity index is 473. The number of halogens is 2. The number of hydrogen-bond donors (Lipinski definition) is 1. The van der Waals surface area contributed by atoms with Crippen LogP contribution >= 0.6 is 38.9 Å². The first-order valence-electron chi connectivity index (χ1n) is 4.83. The number of pyridine rings is 1. The van der Waals surface area contributed by atoms with E-state index in [4.69, 9.17) is 11.6 Å². The number of aromatic nitrogens is 1. The van der Waals surface area contributed by atoms with Crippen LogP contribution in [0.4, 0.5) is 5.69 Å². The molecule has 2 nitrogen and oxygen atoms in total. The largest absolute Gasteiger partial charge is 0.383 e. The van der Waals surface area contributed by atoms with Crippen molar-refractivity contribution in [3.8, 4) is 0 Å². The molecule has 16 heavy (non-hydrogen) atoms. The summed E-state index contributed by atoms with van der Waals surface area (Å²) in [7, 11) is 0. The summed E-state index contributed by atoms with van der Waals surface area (Å²) in [6.45, 7) is 0.872. The average molecular weight is 318 g/mol. The Hall–Kier alpha value is -0.580. The second kappa shape index (κ2) is 5.66. The van der Waals surface area contributed by atoms with Gasteiger partial charge in [-0.05, 0) is 40.5 Å². The van der Waals surface area contributed by atoms with Gasteiger partial charge in [0.05, 0.1) is 14.5 Å². The van der Waals surface area contributed by atoms with Crippen LogP contribution < -0.4 is 5.32 Å². The normalized spacial score (nSPS) is 10.4. The molecular formula is C11H10BrClN2S. The minimum absolute atomic E-state index is 0.662. The average Bonchev–Trinajstić information content (AvgIpc) is 2.67. The first kappa shape index (κ1) is 11.9. The standard InChI is InChI=1S/C11H10BrClN2S/c12-11-2-1-8(16-11)3-6-15-10-4-5-14-7-9(10)13/h1-2,4-5,7H,3,6H2,(H,14,15). The first-order valence-corrected chi connectivity index (χ1v) is 6.82. The van der Waals surface area contributed by atoms with Crippen LogP contribution in [0.5, 0.6) is 0 Å². The van der Waals surface area contributed by atoms with Crippen LogP contribution in [0.15, 0.2) is 34.4 Å². The summed E-state index contributed by atoms with van der Waals surface area (Å²) in [6.07, 6.45) is 4.37. The molecule has 2 aromatic rings. The zero-order valence-electron chi connectivity index (χ0n) is 8.41. The van der Waals surface area contributed by atoms with Crippen molar-refractivity contribution in [2.75, 3.05) is 11.9 Å². The van der Waals surface area contributed by atoms with E-state index in [1.54, 1.807) is 23.7 Å². The lowest BCUT2D eigenvalue weighted by Gasteiger charge is -2.06. The van der Waals surface area contributed by atoms with Gasteiger partial charge in [-0.2, -0.15) is 0 Å². The Morgan fingerprint density at radius 3 is 2.94 bits per heavy atom. The maximum atomic E-state index is 5.98. The fourth-order valence-electron chi connectivity index (χ4n) is 1.33. The summed E-state index contributed by atoms with van der Waals surface area (Å²) in [5, 5.41) is 3.95. The Morgan fingerprint density at radius 2 is 2.25 bits per heavy atom. The molecule has 0 aliphatic heterocycles. The maximum Gasteiger partial charge on any atom is 0.0820 e.